The van der Waals surface area contributed by atoms with Crippen LogP contribution in [-0.4, -0.2) is 9.55 Å². The number of fused-ring (bicyclic) bond motifs is 7. The number of nitrogens with zero attached hydrogens (tertiary/aromatic N) is 4. The minimum Gasteiger partial charge on any atom is -0.509 e. The van der Waals surface area contributed by atoms with Crippen LogP contribution in [-0.2, 0) is 26.5 Å². The Bertz CT molecular complexity index is 2970. The number of hydrogen-bond acceptors (Lipinski definition) is 5. The first kappa shape index (κ1) is 36.2. The largest absolute Gasteiger partial charge is 0.509 e. The molecule has 0 atom stereocenters. The molecule has 0 N–H and O–H groups in total. The van der Waals surface area contributed by atoms with Crippen molar-refractivity contribution in [3.63, 3.8) is 0 Å². The van der Waals surface area contributed by atoms with Crippen LogP contribution in [0.25, 0.3) is 47.8 Å². The summed E-state index contributed by atoms with van der Waals surface area (Å²) in [5.74, 6) is 2.10. The zero-order chi connectivity index (χ0) is 37.6. The molecule has 4 heterocycles. The molecule has 0 bridgehead atoms. The van der Waals surface area contributed by atoms with Crippen LogP contribution in [0.3, 0.4) is 0 Å². The molecule has 0 radical (unpaired) electrons. The van der Waals surface area contributed by atoms with E-state index in [1.807, 2.05) is 12.3 Å². The maximum Gasteiger partial charge on any atom is 0.135 e. The summed E-state index contributed by atoms with van der Waals surface area (Å²) < 4.78 is 11.4. The monoisotopic (exact) mass is 926 g/mol. The number of rotatable bonds is 5. The van der Waals surface area contributed by atoms with Crippen molar-refractivity contribution in [2.45, 2.75) is 47.0 Å². The maximum atomic E-state index is 6.83. The average Bonchev–Trinajstić information content (AvgIpc) is 3.84. The molecule has 1 aliphatic heterocycles. The van der Waals surface area contributed by atoms with Crippen molar-refractivity contribution in [2.24, 2.45) is 0 Å². The number of aryl methyl sites for hydroxylation is 3. The van der Waals surface area contributed by atoms with Crippen LogP contribution in [0.15, 0.2) is 121 Å². The van der Waals surface area contributed by atoms with Crippen molar-refractivity contribution in [3.8, 4) is 17.3 Å². The third-order valence-corrected chi connectivity index (χ3v) is 11.9. The van der Waals surface area contributed by atoms with E-state index in [0.29, 0.717) is 11.5 Å². The Morgan fingerprint density at radius 2 is 1.38 bits per heavy atom. The van der Waals surface area contributed by atoms with Crippen LogP contribution in [0.5, 0.6) is 11.5 Å². The van der Waals surface area contributed by atoms with Crippen molar-refractivity contribution < 1.29 is 25.8 Å². The van der Waals surface area contributed by atoms with Gasteiger partial charge in [-0.25, -0.2) is 16.3 Å². The molecule has 0 unspecified atom stereocenters. The van der Waals surface area contributed by atoms with Crippen LogP contribution in [0, 0.1) is 39.6 Å². The van der Waals surface area contributed by atoms with E-state index in [1.54, 1.807) is 11.3 Å². The minimum atomic E-state index is -0.0193. The SMILES string of the molecule is Cc1cc(C)c(N2[CH-]N(c3[c-]c(Oc4[c-]c5c(cc4)c4ccccc4n5-c4cc(C(C)(C)C)ccn4)cc4c3sc3ccccc34)c3ccccc32)c(C)c1.[Pt]. The molecule has 0 saturated heterocycles. The normalized spacial score (nSPS) is 12.9. The first-order chi connectivity index (χ1) is 26.6. The van der Waals surface area contributed by atoms with E-state index in [2.05, 4.69) is 184 Å². The van der Waals surface area contributed by atoms with Crippen molar-refractivity contribution in [1.82, 2.24) is 9.55 Å². The second kappa shape index (κ2) is 13.7. The van der Waals surface area contributed by atoms with E-state index in [1.165, 1.54) is 38.0 Å². The predicted octanol–water partition coefficient (Wildman–Crippen LogP) is 13.6. The summed E-state index contributed by atoms with van der Waals surface area (Å²) in [6.07, 6.45) is 1.91. The van der Waals surface area contributed by atoms with E-state index in [0.717, 1.165) is 54.8 Å². The summed E-state index contributed by atoms with van der Waals surface area (Å²) in [5, 5.41) is 4.58. The standard InChI is InChI=1S/C49H39N4OS.Pt/c1-30-23-31(2)47(32(3)24-30)52-29-51(41-16-10-11-17-42(41)52)44-28-35(26-39-38-14-8-12-18-45(38)55-48(39)44)54-34-19-20-37-36-13-7-9-15-40(36)53(43(37)27-34)46-25-33(21-22-50-46)49(4,5)6;/h7-26,29H,1-6H3;/q-3;. The number of hydrogen-bond donors (Lipinski definition) is 0. The molecule has 0 spiro atoms. The fourth-order valence-electron chi connectivity index (χ4n) is 8.27. The topological polar surface area (TPSA) is 33.5 Å². The van der Waals surface area contributed by atoms with Crippen molar-refractivity contribution in [1.29, 1.82) is 0 Å². The minimum absolute atomic E-state index is 0. The first-order valence-corrected chi connectivity index (χ1v) is 19.5. The Morgan fingerprint density at radius 1 is 0.679 bits per heavy atom. The van der Waals surface area contributed by atoms with Crippen LogP contribution >= 0.6 is 11.3 Å². The second-order valence-electron chi connectivity index (χ2n) is 15.6. The third kappa shape index (κ3) is 5.90. The van der Waals surface area contributed by atoms with Crippen LogP contribution < -0.4 is 14.5 Å². The zero-order valence-electron chi connectivity index (χ0n) is 32.0. The van der Waals surface area contributed by atoms with Gasteiger partial charge < -0.3 is 19.1 Å². The summed E-state index contributed by atoms with van der Waals surface area (Å²) in [6.45, 7) is 15.5. The molecule has 3 aromatic heterocycles. The molecular weight excluding hydrogens is 888 g/mol. The third-order valence-electron chi connectivity index (χ3n) is 10.7. The van der Waals surface area contributed by atoms with Gasteiger partial charge in [0.05, 0.1) is 0 Å². The quantitative estimate of drug-likeness (QED) is 0.161. The molecule has 0 fully saturated rings. The number of benzene rings is 6. The molecule has 7 heteroatoms. The fraction of sp³-hybridized carbons (Fsp3) is 0.143. The summed E-state index contributed by atoms with van der Waals surface area (Å²) >= 11 is 1.79. The number of aromatic nitrogens is 2. The number of ether oxygens (including phenoxy) is 1. The van der Waals surface area contributed by atoms with Crippen molar-refractivity contribution in [3.05, 3.63) is 163 Å². The van der Waals surface area contributed by atoms with Crippen LogP contribution in [0.1, 0.15) is 43.0 Å². The molecular formula is C49H39N4OPtS-3. The predicted molar refractivity (Wildman–Crippen MR) is 230 cm³/mol. The number of thiophene rings is 1. The van der Waals surface area contributed by atoms with Gasteiger partial charge in [0.25, 0.3) is 0 Å². The van der Waals surface area contributed by atoms with Gasteiger partial charge in [-0.3, -0.25) is 0 Å². The molecule has 9 aromatic rings. The summed E-state index contributed by atoms with van der Waals surface area (Å²) in [7, 11) is 0. The van der Waals surface area contributed by atoms with E-state index < -0.39 is 0 Å². The van der Waals surface area contributed by atoms with Crippen LogP contribution in [0.2, 0.25) is 0 Å². The molecule has 5 nitrogen and oxygen atoms in total. The van der Waals surface area contributed by atoms with Gasteiger partial charge >= 0.3 is 0 Å². The van der Waals surface area contributed by atoms with Gasteiger partial charge in [-0.2, -0.15) is 6.07 Å². The Labute approximate surface area is 346 Å². The van der Waals surface area contributed by atoms with E-state index in [4.69, 9.17) is 9.72 Å². The van der Waals surface area contributed by atoms with Gasteiger partial charge in [-0.1, -0.05) is 103 Å². The van der Waals surface area contributed by atoms with E-state index >= 15 is 0 Å². The van der Waals surface area contributed by atoms with Gasteiger partial charge in [-0.05, 0) is 90.0 Å². The summed E-state index contributed by atoms with van der Waals surface area (Å²) in [5.41, 5.74) is 11.3. The molecule has 0 saturated carbocycles. The number of para-hydroxylation sites is 3. The maximum absolute atomic E-state index is 6.83. The van der Waals surface area contributed by atoms with Gasteiger partial charge in [-0.15, -0.1) is 41.7 Å². The van der Waals surface area contributed by atoms with Crippen molar-refractivity contribution >= 4 is 76.1 Å². The van der Waals surface area contributed by atoms with E-state index in [9.17, 15) is 0 Å². The van der Waals surface area contributed by atoms with E-state index in [-0.39, 0.29) is 26.5 Å². The molecule has 6 aromatic carbocycles. The molecule has 56 heavy (non-hydrogen) atoms. The Kier molecular flexibility index (Phi) is 8.83. The van der Waals surface area contributed by atoms with Gasteiger partial charge in [0.2, 0.25) is 0 Å². The fourth-order valence-corrected chi connectivity index (χ4v) is 9.45. The van der Waals surface area contributed by atoms with Gasteiger partial charge in [0, 0.05) is 66.0 Å². The molecule has 10 rings (SSSR count). The zero-order valence-corrected chi connectivity index (χ0v) is 35.1. The van der Waals surface area contributed by atoms with Gasteiger partial charge in [0.15, 0.2) is 0 Å². The molecule has 0 amide bonds. The molecule has 1 aliphatic rings. The van der Waals surface area contributed by atoms with Crippen molar-refractivity contribution in [2.75, 3.05) is 9.80 Å². The Morgan fingerprint density at radius 3 is 2.14 bits per heavy atom. The summed E-state index contributed by atoms with van der Waals surface area (Å²) in [6, 6.07) is 48.2. The molecule has 280 valence electrons. The van der Waals surface area contributed by atoms with Gasteiger partial charge in [0.1, 0.15) is 5.82 Å². The first-order valence-electron chi connectivity index (χ1n) is 18.7. The Hall–Kier alpha value is -5.42. The second-order valence-corrected chi connectivity index (χ2v) is 16.7. The Balaban J connectivity index is 0.00000410. The average molecular weight is 927 g/mol. The number of anilines is 4. The van der Waals surface area contributed by atoms with Crippen LogP contribution in [0.4, 0.5) is 22.7 Å². The summed E-state index contributed by atoms with van der Waals surface area (Å²) in [4.78, 5) is 9.47. The molecule has 0 aliphatic carbocycles. The number of pyridine rings is 1. The smallest absolute Gasteiger partial charge is 0.135 e.